The molecule has 0 aliphatic rings. The van der Waals surface area contributed by atoms with Gasteiger partial charge in [-0.05, 0) is 17.5 Å². The van der Waals surface area contributed by atoms with Gasteiger partial charge >= 0.3 is 11.9 Å². The summed E-state index contributed by atoms with van der Waals surface area (Å²) in [5.74, 6) is -1.71. The van der Waals surface area contributed by atoms with Crippen LogP contribution in [-0.4, -0.2) is 34.7 Å². The Labute approximate surface area is 109 Å². The highest BCUT2D eigenvalue weighted by Gasteiger charge is 2.15. The van der Waals surface area contributed by atoms with E-state index in [4.69, 9.17) is 15.6 Å². The van der Waals surface area contributed by atoms with Crippen LogP contribution in [0.4, 0.5) is 0 Å². The molecular formula is C13H14N2O4. The van der Waals surface area contributed by atoms with Gasteiger partial charge in [0.2, 0.25) is 0 Å². The van der Waals surface area contributed by atoms with Crippen LogP contribution in [0.3, 0.4) is 0 Å². The number of para-hydroxylation sites is 1. The average Bonchev–Trinajstić information content (AvgIpc) is 2.77. The number of hydrogen-bond acceptors (Lipinski definition) is 4. The van der Waals surface area contributed by atoms with Gasteiger partial charge in [-0.15, -0.1) is 0 Å². The summed E-state index contributed by atoms with van der Waals surface area (Å²) < 4.78 is 4.80. The highest BCUT2D eigenvalue weighted by Crippen LogP contribution is 2.15. The van der Waals surface area contributed by atoms with Gasteiger partial charge in [0.15, 0.2) is 0 Å². The van der Waals surface area contributed by atoms with Crippen LogP contribution in [0.5, 0.6) is 0 Å². The fourth-order valence-corrected chi connectivity index (χ4v) is 1.69. The fraction of sp³-hybridized carbons (Fsp3) is 0.231. The van der Waals surface area contributed by atoms with Gasteiger partial charge in [-0.2, -0.15) is 0 Å². The number of aromatic nitrogens is 1. The highest BCUT2D eigenvalue weighted by molar-refractivity contribution is 5.82. The minimum Gasteiger partial charge on any atom is -0.480 e. The van der Waals surface area contributed by atoms with Crippen molar-refractivity contribution in [2.24, 2.45) is 5.73 Å². The fourth-order valence-electron chi connectivity index (χ4n) is 1.69. The molecule has 1 heterocycles. The van der Waals surface area contributed by atoms with Gasteiger partial charge in [-0.3, -0.25) is 9.59 Å². The molecule has 19 heavy (non-hydrogen) atoms. The van der Waals surface area contributed by atoms with E-state index in [1.807, 2.05) is 30.3 Å². The van der Waals surface area contributed by atoms with E-state index in [9.17, 15) is 9.59 Å². The van der Waals surface area contributed by atoms with Crippen LogP contribution < -0.4 is 5.73 Å². The lowest BCUT2D eigenvalue weighted by Gasteiger charge is -2.07. The number of carbonyl (C=O) groups is 2. The summed E-state index contributed by atoms with van der Waals surface area (Å²) >= 11 is 0. The maximum absolute atomic E-state index is 11.5. The largest absolute Gasteiger partial charge is 0.480 e. The van der Waals surface area contributed by atoms with Crippen molar-refractivity contribution in [1.29, 1.82) is 0 Å². The van der Waals surface area contributed by atoms with E-state index in [2.05, 4.69) is 4.98 Å². The van der Waals surface area contributed by atoms with Gasteiger partial charge < -0.3 is 20.6 Å². The molecule has 0 fully saturated rings. The van der Waals surface area contributed by atoms with Crippen LogP contribution >= 0.6 is 0 Å². The number of esters is 1. The van der Waals surface area contributed by atoms with Crippen LogP contribution in [0.1, 0.15) is 5.69 Å². The Hall–Kier alpha value is -2.34. The zero-order valence-electron chi connectivity index (χ0n) is 10.1. The van der Waals surface area contributed by atoms with E-state index in [1.54, 1.807) is 0 Å². The molecule has 2 aromatic rings. The number of aliphatic carboxylic acids is 1. The number of H-pyrrole nitrogens is 1. The molecule has 1 aromatic carbocycles. The molecule has 2 rings (SSSR count). The molecule has 6 heteroatoms. The van der Waals surface area contributed by atoms with Gasteiger partial charge in [0.05, 0.1) is 6.42 Å². The maximum Gasteiger partial charge on any atom is 0.324 e. The number of carboxylic acid groups (broad SMARTS) is 1. The Bertz CT molecular complexity index is 572. The molecule has 1 atom stereocenters. The Morgan fingerprint density at radius 2 is 2.11 bits per heavy atom. The lowest BCUT2D eigenvalue weighted by Crippen LogP contribution is -2.35. The number of hydrogen-bond donors (Lipinski definition) is 3. The predicted octanol–water partition coefficient (Wildman–Crippen LogP) is 0.665. The molecule has 0 saturated heterocycles. The van der Waals surface area contributed by atoms with E-state index < -0.39 is 18.0 Å². The Kier molecular flexibility index (Phi) is 3.82. The van der Waals surface area contributed by atoms with Gasteiger partial charge in [0, 0.05) is 11.2 Å². The predicted molar refractivity (Wildman–Crippen MR) is 68.6 cm³/mol. The zero-order chi connectivity index (χ0) is 13.8. The van der Waals surface area contributed by atoms with Crippen molar-refractivity contribution in [2.45, 2.75) is 12.5 Å². The number of carbonyl (C=O) groups excluding carboxylic acids is 1. The molecule has 0 saturated carbocycles. The van der Waals surface area contributed by atoms with E-state index in [0.717, 1.165) is 16.6 Å². The van der Waals surface area contributed by atoms with E-state index in [1.165, 1.54) is 0 Å². The number of ether oxygens (including phenoxy) is 1. The molecule has 1 aromatic heterocycles. The second-order valence-corrected chi connectivity index (χ2v) is 4.19. The van der Waals surface area contributed by atoms with Gasteiger partial charge in [-0.1, -0.05) is 18.2 Å². The van der Waals surface area contributed by atoms with Gasteiger partial charge in [0.25, 0.3) is 0 Å². The number of fused-ring (bicyclic) bond motifs is 1. The third kappa shape index (κ3) is 3.32. The summed E-state index contributed by atoms with van der Waals surface area (Å²) in [5, 5.41) is 9.56. The van der Waals surface area contributed by atoms with Gasteiger partial charge in [0.1, 0.15) is 12.6 Å². The molecule has 1 unspecified atom stereocenters. The average molecular weight is 262 g/mol. The van der Waals surface area contributed by atoms with Crippen LogP contribution in [0.25, 0.3) is 10.9 Å². The molecular weight excluding hydrogens is 248 g/mol. The monoisotopic (exact) mass is 262 g/mol. The highest BCUT2D eigenvalue weighted by atomic mass is 16.5. The molecule has 0 radical (unpaired) electrons. The number of nitrogens with one attached hydrogen (secondary N) is 1. The van der Waals surface area contributed by atoms with E-state index >= 15 is 0 Å². The van der Waals surface area contributed by atoms with Crippen molar-refractivity contribution in [2.75, 3.05) is 6.61 Å². The SMILES string of the molecule is NC(COC(=O)Cc1cc2ccccc2[nH]1)C(=O)O. The smallest absolute Gasteiger partial charge is 0.324 e. The van der Waals surface area contributed by atoms with Crippen LogP contribution in [0.2, 0.25) is 0 Å². The van der Waals surface area contributed by atoms with Crippen molar-refractivity contribution >= 4 is 22.8 Å². The summed E-state index contributed by atoms with van der Waals surface area (Å²) in [7, 11) is 0. The second-order valence-electron chi connectivity index (χ2n) is 4.19. The summed E-state index contributed by atoms with van der Waals surface area (Å²) in [6, 6.07) is 8.31. The summed E-state index contributed by atoms with van der Waals surface area (Å²) in [6.45, 7) is -0.325. The maximum atomic E-state index is 11.5. The topological polar surface area (TPSA) is 105 Å². The third-order valence-corrected chi connectivity index (χ3v) is 2.66. The zero-order valence-corrected chi connectivity index (χ0v) is 10.1. The molecule has 100 valence electrons. The second kappa shape index (κ2) is 5.53. The lowest BCUT2D eigenvalue weighted by molar-refractivity contribution is -0.147. The summed E-state index contributed by atoms with van der Waals surface area (Å²) in [4.78, 5) is 25.1. The first kappa shape index (κ1) is 13.1. The molecule has 6 nitrogen and oxygen atoms in total. The first-order valence-electron chi connectivity index (χ1n) is 5.77. The Morgan fingerprint density at radius 3 is 2.79 bits per heavy atom. The lowest BCUT2D eigenvalue weighted by atomic mass is 10.2. The van der Waals surface area contributed by atoms with Crippen LogP contribution in [-0.2, 0) is 20.7 Å². The number of benzene rings is 1. The molecule has 4 N–H and O–H groups in total. The van der Waals surface area contributed by atoms with Crippen molar-refractivity contribution in [3.63, 3.8) is 0 Å². The first-order chi connectivity index (χ1) is 9.06. The normalized spacial score (nSPS) is 12.3. The molecule has 0 spiro atoms. The standard InChI is InChI=1S/C13H14N2O4/c14-10(13(17)18)7-19-12(16)6-9-5-8-3-1-2-4-11(8)15-9/h1-5,10,15H,6-7,14H2,(H,17,18). The van der Waals surface area contributed by atoms with Crippen molar-refractivity contribution in [1.82, 2.24) is 4.98 Å². The van der Waals surface area contributed by atoms with E-state index in [0.29, 0.717) is 0 Å². The third-order valence-electron chi connectivity index (χ3n) is 2.66. The molecule has 0 amide bonds. The minimum atomic E-state index is -1.20. The minimum absolute atomic E-state index is 0.0566. The Balaban J connectivity index is 1.93. The van der Waals surface area contributed by atoms with E-state index in [-0.39, 0.29) is 13.0 Å². The van der Waals surface area contributed by atoms with Crippen LogP contribution in [0.15, 0.2) is 30.3 Å². The number of aromatic amines is 1. The van der Waals surface area contributed by atoms with Crippen molar-refractivity contribution in [3.8, 4) is 0 Å². The molecule has 0 aliphatic carbocycles. The quantitative estimate of drug-likeness (QED) is 0.687. The van der Waals surface area contributed by atoms with Crippen LogP contribution in [0, 0.1) is 0 Å². The molecule has 0 aliphatic heterocycles. The number of rotatable bonds is 5. The first-order valence-corrected chi connectivity index (χ1v) is 5.77. The molecule has 0 bridgehead atoms. The van der Waals surface area contributed by atoms with Gasteiger partial charge in [-0.25, -0.2) is 0 Å². The summed E-state index contributed by atoms with van der Waals surface area (Å²) in [5.41, 5.74) is 6.89. The van der Waals surface area contributed by atoms with Crippen molar-refractivity contribution < 1.29 is 19.4 Å². The number of carboxylic acids is 1. The van der Waals surface area contributed by atoms with Crippen molar-refractivity contribution in [3.05, 3.63) is 36.0 Å². The number of nitrogens with two attached hydrogens (primary N) is 1. The summed E-state index contributed by atoms with van der Waals surface area (Å²) in [6.07, 6.45) is 0.0566. The Morgan fingerprint density at radius 1 is 1.37 bits per heavy atom.